The summed E-state index contributed by atoms with van der Waals surface area (Å²) in [7, 11) is 0. The lowest BCUT2D eigenvalue weighted by atomic mass is 9.80. The average Bonchev–Trinajstić information content (AvgIpc) is 3.20. The minimum atomic E-state index is -1.04. The highest BCUT2D eigenvalue weighted by Crippen LogP contribution is 2.32. The molecule has 0 aromatic rings. The van der Waals surface area contributed by atoms with E-state index in [0.717, 1.165) is 32.1 Å². The van der Waals surface area contributed by atoms with Gasteiger partial charge in [-0.2, -0.15) is 0 Å². The van der Waals surface area contributed by atoms with E-state index in [2.05, 4.69) is 10.6 Å². The monoisotopic (exact) mass is 354 g/mol. The first kappa shape index (κ1) is 19.5. The molecule has 0 aromatic heterocycles. The molecule has 0 saturated heterocycles. The molecule has 2 atom stereocenters. The third-order valence-electron chi connectivity index (χ3n) is 4.35. The predicted molar refractivity (Wildman–Crippen MR) is 91.8 cm³/mol. The molecule has 1 unspecified atom stereocenters. The van der Waals surface area contributed by atoms with Crippen molar-refractivity contribution >= 4 is 18.0 Å². The normalized spacial score (nSPS) is 20.0. The fraction of sp³-hybridized carbons (Fsp3) is 0.833. The highest BCUT2D eigenvalue weighted by molar-refractivity contribution is 5.85. The summed E-state index contributed by atoms with van der Waals surface area (Å²) < 4.78 is 10.6. The second-order valence-corrected chi connectivity index (χ2v) is 8.10. The largest absolute Gasteiger partial charge is 0.450 e. The second kappa shape index (κ2) is 8.06. The van der Waals surface area contributed by atoms with E-state index in [1.807, 2.05) is 0 Å². The van der Waals surface area contributed by atoms with Crippen LogP contribution in [-0.4, -0.2) is 41.8 Å². The number of alkyl carbamates (subject to hydrolysis) is 1. The van der Waals surface area contributed by atoms with Gasteiger partial charge in [-0.05, 0) is 46.0 Å². The highest BCUT2D eigenvalue weighted by atomic mass is 16.6. The van der Waals surface area contributed by atoms with Gasteiger partial charge in [0.2, 0.25) is 0 Å². The average molecular weight is 354 g/mol. The Hall–Kier alpha value is -1.79. The summed E-state index contributed by atoms with van der Waals surface area (Å²) in [5.41, 5.74) is -0.641. The van der Waals surface area contributed by atoms with Gasteiger partial charge in [-0.3, -0.25) is 9.59 Å². The molecule has 2 rings (SSSR count). The number of amides is 2. The number of rotatable bonds is 7. The van der Waals surface area contributed by atoms with Gasteiger partial charge in [0.05, 0.1) is 6.04 Å². The smallest absolute Gasteiger partial charge is 0.408 e. The number of esters is 1. The number of hydrogen-bond acceptors (Lipinski definition) is 5. The van der Waals surface area contributed by atoms with Gasteiger partial charge < -0.3 is 20.1 Å². The van der Waals surface area contributed by atoms with Gasteiger partial charge in [0.15, 0.2) is 6.10 Å². The lowest BCUT2D eigenvalue weighted by Gasteiger charge is -2.33. The summed E-state index contributed by atoms with van der Waals surface area (Å²) in [6.07, 6.45) is 4.09. The van der Waals surface area contributed by atoms with Crippen molar-refractivity contribution in [2.45, 2.75) is 90.0 Å². The van der Waals surface area contributed by atoms with Crippen LogP contribution in [-0.2, 0) is 19.1 Å². The van der Waals surface area contributed by atoms with E-state index >= 15 is 0 Å². The first-order valence-corrected chi connectivity index (χ1v) is 9.11. The van der Waals surface area contributed by atoms with Crippen molar-refractivity contribution in [2.24, 2.45) is 5.92 Å². The van der Waals surface area contributed by atoms with Crippen molar-refractivity contribution in [1.29, 1.82) is 0 Å². The molecule has 7 heteroatoms. The molecule has 0 aromatic carbocycles. The van der Waals surface area contributed by atoms with Crippen LogP contribution >= 0.6 is 0 Å². The highest BCUT2D eigenvalue weighted by Gasteiger charge is 2.38. The molecule has 2 aliphatic carbocycles. The molecule has 0 radical (unpaired) electrons. The topological polar surface area (TPSA) is 93.7 Å². The molecule has 7 nitrogen and oxygen atoms in total. The van der Waals surface area contributed by atoms with Crippen molar-refractivity contribution in [3.05, 3.63) is 0 Å². The Bertz CT molecular complexity index is 506. The van der Waals surface area contributed by atoms with Gasteiger partial charge in [-0.25, -0.2) is 4.79 Å². The molecule has 2 aliphatic rings. The van der Waals surface area contributed by atoms with E-state index in [1.165, 1.54) is 6.92 Å². The first-order chi connectivity index (χ1) is 11.6. The Morgan fingerprint density at radius 2 is 1.76 bits per heavy atom. The molecule has 2 saturated carbocycles. The van der Waals surface area contributed by atoms with Crippen LogP contribution in [0.3, 0.4) is 0 Å². The van der Waals surface area contributed by atoms with Crippen LogP contribution in [0.5, 0.6) is 0 Å². The SMILES string of the molecule is CC(=O)OC(C(=O)NC1CC1)[C@H](CC1CCC1)NC(=O)OC(C)(C)C. The molecule has 0 aliphatic heterocycles. The number of ether oxygens (including phenoxy) is 2. The summed E-state index contributed by atoms with van der Waals surface area (Å²) in [5.74, 6) is -0.467. The van der Waals surface area contributed by atoms with E-state index in [9.17, 15) is 14.4 Å². The third kappa shape index (κ3) is 6.92. The lowest BCUT2D eigenvalue weighted by molar-refractivity contribution is -0.156. The van der Waals surface area contributed by atoms with Crippen molar-refractivity contribution in [2.75, 3.05) is 0 Å². The molecule has 0 heterocycles. The number of hydrogen-bond donors (Lipinski definition) is 2. The zero-order valence-electron chi connectivity index (χ0n) is 15.6. The van der Waals surface area contributed by atoms with Crippen molar-refractivity contribution in [3.63, 3.8) is 0 Å². The van der Waals surface area contributed by atoms with Gasteiger partial charge in [-0.1, -0.05) is 19.3 Å². The van der Waals surface area contributed by atoms with E-state index in [4.69, 9.17) is 9.47 Å². The molecule has 0 bridgehead atoms. The molecule has 0 spiro atoms. The van der Waals surface area contributed by atoms with Gasteiger partial charge in [0.25, 0.3) is 5.91 Å². The van der Waals surface area contributed by atoms with Crippen molar-refractivity contribution in [3.8, 4) is 0 Å². The molecule has 2 amide bonds. The molecule has 2 fully saturated rings. The summed E-state index contributed by atoms with van der Waals surface area (Å²) in [6.45, 7) is 6.59. The van der Waals surface area contributed by atoms with Gasteiger partial charge in [0, 0.05) is 13.0 Å². The standard InChI is InChI=1S/C18H30N2O5/c1-11(21)24-15(16(22)19-13-8-9-13)14(10-12-6-5-7-12)20-17(23)25-18(2,3)4/h12-15H,5-10H2,1-4H3,(H,19,22)(H,20,23)/t14-,15?/m0/s1. The van der Waals surface area contributed by atoms with E-state index in [1.54, 1.807) is 20.8 Å². The Labute approximate surface area is 149 Å². The maximum Gasteiger partial charge on any atom is 0.408 e. The third-order valence-corrected chi connectivity index (χ3v) is 4.35. The van der Waals surface area contributed by atoms with Crippen LogP contribution in [0.2, 0.25) is 0 Å². The van der Waals surface area contributed by atoms with Crippen LogP contribution in [0.1, 0.15) is 66.2 Å². The summed E-state index contributed by atoms with van der Waals surface area (Å²) in [6, 6.07) is -0.445. The minimum Gasteiger partial charge on any atom is -0.450 e. The van der Waals surface area contributed by atoms with Crippen molar-refractivity contribution in [1.82, 2.24) is 10.6 Å². The summed E-state index contributed by atoms with van der Waals surface area (Å²) >= 11 is 0. The zero-order chi connectivity index (χ0) is 18.6. The minimum absolute atomic E-state index is 0.149. The molecular formula is C18H30N2O5. The fourth-order valence-corrected chi connectivity index (χ4v) is 2.81. The summed E-state index contributed by atoms with van der Waals surface area (Å²) in [4.78, 5) is 36.2. The Morgan fingerprint density at radius 1 is 1.12 bits per heavy atom. The van der Waals surface area contributed by atoms with Crippen molar-refractivity contribution < 1.29 is 23.9 Å². The first-order valence-electron chi connectivity index (χ1n) is 9.11. The number of nitrogens with one attached hydrogen (secondary N) is 2. The number of carbonyl (C=O) groups excluding carboxylic acids is 3. The Kier molecular flexibility index (Phi) is 6.30. The summed E-state index contributed by atoms with van der Waals surface area (Å²) in [5, 5.41) is 5.62. The second-order valence-electron chi connectivity index (χ2n) is 8.10. The molecule has 25 heavy (non-hydrogen) atoms. The van der Waals surface area contributed by atoms with Crippen LogP contribution in [0.4, 0.5) is 4.79 Å². The molecule has 142 valence electrons. The van der Waals surface area contributed by atoms with E-state index in [-0.39, 0.29) is 11.9 Å². The maximum absolute atomic E-state index is 12.5. The maximum atomic E-state index is 12.5. The zero-order valence-corrected chi connectivity index (χ0v) is 15.6. The molecule has 2 N–H and O–H groups in total. The quantitative estimate of drug-likeness (QED) is 0.684. The Morgan fingerprint density at radius 3 is 2.20 bits per heavy atom. The predicted octanol–water partition coefficient (Wildman–Crippen LogP) is 2.28. The Balaban J connectivity index is 2.07. The molecular weight excluding hydrogens is 324 g/mol. The van der Waals surface area contributed by atoms with Gasteiger partial charge in [-0.15, -0.1) is 0 Å². The van der Waals surface area contributed by atoms with E-state index < -0.39 is 29.8 Å². The number of carbonyl (C=O) groups is 3. The van der Waals surface area contributed by atoms with E-state index in [0.29, 0.717) is 12.3 Å². The fourth-order valence-electron chi connectivity index (χ4n) is 2.81. The van der Waals surface area contributed by atoms with Gasteiger partial charge >= 0.3 is 12.1 Å². The van der Waals surface area contributed by atoms with Crippen LogP contribution in [0, 0.1) is 5.92 Å². The van der Waals surface area contributed by atoms with Crippen LogP contribution in [0.25, 0.3) is 0 Å². The lowest BCUT2D eigenvalue weighted by Crippen LogP contribution is -2.54. The van der Waals surface area contributed by atoms with Crippen LogP contribution < -0.4 is 10.6 Å². The van der Waals surface area contributed by atoms with Gasteiger partial charge in [0.1, 0.15) is 5.60 Å². The van der Waals surface area contributed by atoms with Crippen LogP contribution in [0.15, 0.2) is 0 Å².